The molecule has 0 bridgehead atoms. The van der Waals surface area contributed by atoms with Gasteiger partial charge in [0.05, 0.1) is 12.0 Å². The number of Topliss-reactive ketones (excluding diaryl/α,β-unsaturated/α-hetero) is 1. The van der Waals surface area contributed by atoms with E-state index in [0.29, 0.717) is 12.2 Å². The topological polar surface area (TPSA) is 57.5 Å². The second-order valence-corrected chi connectivity index (χ2v) is 8.86. The summed E-state index contributed by atoms with van der Waals surface area (Å²) in [6.45, 7) is 6.33. The Balaban J connectivity index is 1.81. The highest BCUT2D eigenvalue weighted by Gasteiger charge is 2.66. The molecule has 0 saturated heterocycles. The van der Waals surface area contributed by atoms with Crippen molar-refractivity contribution >= 4 is 5.78 Å². The van der Waals surface area contributed by atoms with Crippen LogP contribution in [0.25, 0.3) is 0 Å². The Labute approximate surface area is 152 Å². The Hall–Kier alpha value is -0.850. The fourth-order valence-electron chi connectivity index (χ4n) is 5.93. The second-order valence-electron chi connectivity index (χ2n) is 8.86. The lowest BCUT2D eigenvalue weighted by Crippen LogP contribution is -2.66. The minimum absolute atomic E-state index is 0.0310. The second kappa shape index (κ2) is 7.41. The van der Waals surface area contributed by atoms with Crippen molar-refractivity contribution in [2.75, 3.05) is 0 Å². The minimum Gasteiger partial charge on any atom is -0.392 e. The molecule has 1 unspecified atom stereocenters. The zero-order valence-corrected chi connectivity index (χ0v) is 16.0. The first-order valence-electron chi connectivity index (χ1n) is 10.3. The number of ketones is 1. The normalized spacial score (nSPS) is 40.0. The molecule has 0 spiro atoms. The number of aliphatic hydroxyl groups is 2. The molecule has 3 saturated carbocycles. The number of hydrogen-bond donors (Lipinski definition) is 2. The lowest BCUT2D eigenvalue weighted by molar-refractivity contribution is -0.184. The summed E-state index contributed by atoms with van der Waals surface area (Å²) in [5.41, 5.74) is -0.297. The Morgan fingerprint density at radius 3 is 2.48 bits per heavy atom. The SMILES string of the molecule is CCC1C(=O)[C@@]2(C(C)C)CC[C@@H](O)[C@H](C#C[C@@H](O)C3CCCCC3)[C@@H]12. The average molecular weight is 347 g/mol. The summed E-state index contributed by atoms with van der Waals surface area (Å²) in [6.07, 6.45) is 6.94. The van der Waals surface area contributed by atoms with Crippen LogP contribution in [0.2, 0.25) is 0 Å². The highest BCUT2D eigenvalue weighted by Crippen LogP contribution is 2.62. The fourth-order valence-corrected chi connectivity index (χ4v) is 5.93. The Morgan fingerprint density at radius 2 is 1.88 bits per heavy atom. The van der Waals surface area contributed by atoms with Crippen LogP contribution in [0.5, 0.6) is 0 Å². The van der Waals surface area contributed by atoms with Gasteiger partial charge in [0.2, 0.25) is 0 Å². The van der Waals surface area contributed by atoms with Crippen molar-refractivity contribution in [1.29, 1.82) is 0 Å². The van der Waals surface area contributed by atoms with Gasteiger partial charge >= 0.3 is 0 Å². The average Bonchev–Trinajstić information content (AvgIpc) is 2.61. The van der Waals surface area contributed by atoms with Gasteiger partial charge in [0.1, 0.15) is 11.9 Å². The first kappa shape index (κ1) is 18.9. The summed E-state index contributed by atoms with van der Waals surface area (Å²) in [6, 6.07) is 0. The van der Waals surface area contributed by atoms with Gasteiger partial charge < -0.3 is 10.2 Å². The van der Waals surface area contributed by atoms with Crippen LogP contribution in [0, 0.1) is 46.8 Å². The van der Waals surface area contributed by atoms with Crippen LogP contribution in [-0.2, 0) is 4.79 Å². The molecule has 6 atom stereocenters. The summed E-state index contributed by atoms with van der Waals surface area (Å²) < 4.78 is 0. The number of hydrogen-bond acceptors (Lipinski definition) is 3. The standard InChI is InChI=1S/C22H34O3/c1-4-16-20-17(10-11-18(23)15-8-6-5-7-9-15)19(24)12-13-22(20,14(2)3)21(16)25/h14-20,23-24H,4-9,12-13H2,1-3H3/t16?,17-,18+,19+,20+,22+/m0/s1. The van der Waals surface area contributed by atoms with Gasteiger partial charge in [-0.2, -0.15) is 0 Å². The van der Waals surface area contributed by atoms with Gasteiger partial charge in [-0.1, -0.05) is 51.9 Å². The van der Waals surface area contributed by atoms with Crippen molar-refractivity contribution in [1.82, 2.24) is 0 Å². The predicted molar refractivity (Wildman–Crippen MR) is 98.6 cm³/mol. The zero-order chi connectivity index (χ0) is 18.2. The highest BCUT2D eigenvalue weighted by atomic mass is 16.3. The van der Waals surface area contributed by atoms with Crippen LogP contribution in [0.4, 0.5) is 0 Å². The van der Waals surface area contributed by atoms with Crippen LogP contribution in [-0.4, -0.2) is 28.2 Å². The molecule has 0 aromatic heterocycles. The molecular weight excluding hydrogens is 312 g/mol. The van der Waals surface area contributed by atoms with Gasteiger partial charge in [-0.3, -0.25) is 4.79 Å². The third-order valence-electron chi connectivity index (χ3n) is 7.44. The van der Waals surface area contributed by atoms with Gasteiger partial charge in [0.25, 0.3) is 0 Å². The van der Waals surface area contributed by atoms with E-state index in [2.05, 4.69) is 32.6 Å². The molecule has 0 amide bonds. The van der Waals surface area contributed by atoms with E-state index in [1.54, 1.807) is 0 Å². The van der Waals surface area contributed by atoms with Gasteiger partial charge in [-0.05, 0) is 49.9 Å². The highest BCUT2D eigenvalue weighted by molar-refractivity contribution is 5.94. The Bertz CT molecular complexity index is 551. The van der Waals surface area contributed by atoms with Gasteiger partial charge in [-0.15, -0.1) is 0 Å². The molecule has 2 N–H and O–H groups in total. The molecule has 3 aliphatic rings. The molecule has 3 fully saturated rings. The summed E-state index contributed by atoms with van der Waals surface area (Å²) in [5, 5.41) is 21.1. The predicted octanol–water partition coefficient (Wildman–Crippen LogP) is 3.57. The molecule has 3 nitrogen and oxygen atoms in total. The van der Waals surface area contributed by atoms with E-state index < -0.39 is 12.2 Å². The quantitative estimate of drug-likeness (QED) is 0.768. The van der Waals surface area contributed by atoms with Crippen LogP contribution >= 0.6 is 0 Å². The summed E-state index contributed by atoms with van der Waals surface area (Å²) in [5.74, 6) is 7.32. The lowest BCUT2D eigenvalue weighted by Gasteiger charge is -2.61. The first-order chi connectivity index (χ1) is 11.9. The van der Waals surface area contributed by atoms with Crippen molar-refractivity contribution in [3.05, 3.63) is 0 Å². The van der Waals surface area contributed by atoms with Crippen molar-refractivity contribution in [3.63, 3.8) is 0 Å². The van der Waals surface area contributed by atoms with E-state index in [-0.39, 0.29) is 35.0 Å². The summed E-state index contributed by atoms with van der Waals surface area (Å²) in [7, 11) is 0. The van der Waals surface area contributed by atoms with E-state index in [1.165, 1.54) is 19.3 Å². The van der Waals surface area contributed by atoms with E-state index in [9.17, 15) is 15.0 Å². The van der Waals surface area contributed by atoms with Crippen molar-refractivity contribution < 1.29 is 15.0 Å². The molecule has 0 radical (unpaired) electrons. The summed E-state index contributed by atoms with van der Waals surface area (Å²) in [4.78, 5) is 12.8. The third kappa shape index (κ3) is 3.06. The van der Waals surface area contributed by atoms with Gasteiger partial charge in [-0.25, -0.2) is 0 Å². The molecule has 0 aromatic rings. The van der Waals surface area contributed by atoms with Crippen LogP contribution in [0.3, 0.4) is 0 Å². The number of carbonyl (C=O) groups is 1. The van der Waals surface area contributed by atoms with Crippen LogP contribution in [0.1, 0.15) is 72.1 Å². The molecule has 140 valence electrons. The molecule has 3 aliphatic carbocycles. The molecule has 3 heteroatoms. The monoisotopic (exact) mass is 346 g/mol. The Kier molecular flexibility index (Phi) is 5.61. The first-order valence-corrected chi connectivity index (χ1v) is 10.3. The van der Waals surface area contributed by atoms with Crippen molar-refractivity contribution in [2.24, 2.45) is 35.0 Å². The number of rotatable bonds is 3. The molecular formula is C22H34O3. The van der Waals surface area contributed by atoms with Crippen LogP contribution < -0.4 is 0 Å². The van der Waals surface area contributed by atoms with Gasteiger partial charge in [0.15, 0.2) is 0 Å². The third-order valence-corrected chi connectivity index (χ3v) is 7.44. The summed E-state index contributed by atoms with van der Waals surface area (Å²) >= 11 is 0. The number of carbonyl (C=O) groups excluding carboxylic acids is 1. The Morgan fingerprint density at radius 1 is 1.20 bits per heavy atom. The minimum atomic E-state index is -0.585. The molecule has 0 heterocycles. The maximum atomic E-state index is 12.8. The number of aliphatic hydroxyl groups excluding tert-OH is 2. The maximum Gasteiger partial charge on any atom is 0.143 e. The molecule has 3 rings (SSSR count). The van der Waals surface area contributed by atoms with Crippen molar-refractivity contribution in [3.8, 4) is 11.8 Å². The van der Waals surface area contributed by atoms with E-state index in [4.69, 9.17) is 0 Å². The van der Waals surface area contributed by atoms with E-state index >= 15 is 0 Å². The molecule has 0 aromatic carbocycles. The fraction of sp³-hybridized carbons (Fsp3) is 0.864. The van der Waals surface area contributed by atoms with E-state index in [1.807, 2.05) is 0 Å². The zero-order valence-electron chi connectivity index (χ0n) is 16.0. The largest absolute Gasteiger partial charge is 0.392 e. The maximum absolute atomic E-state index is 12.8. The van der Waals surface area contributed by atoms with Crippen molar-refractivity contribution in [2.45, 2.75) is 84.3 Å². The number of fused-ring (bicyclic) bond motifs is 1. The van der Waals surface area contributed by atoms with E-state index in [0.717, 1.165) is 25.7 Å². The smallest absolute Gasteiger partial charge is 0.143 e. The van der Waals surface area contributed by atoms with Crippen LogP contribution in [0.15, 0.2) is 0 Å². The lowest BCUT2D eigenvalue weighted by atomic mass is 9.40. The molecule has 25 heavy (non-hydrogen) atoms. The van der Waals surface area contributed by atoms with Gasteiger partial charge in [0, 0.05) is 11.3 Å². The molecule has 0 aliphatic heterocycles.